The van der Waals surface area contributed by atoms with E-state index in [0.717, 1.165) is 0 Å². The van der Waals surface area contributed by atoms with Crippen molar-refractivity contribution in [3.8, 4) is 23.3 Å². The van der Waals surface area contributed by atoms with Crippen molar-refractivity contribution in [1.29, 1.82) is 5.26 Å². The number of benzene rings is 2. The highest BCUT2D eigenvalue weighted by atomic mass is 16.6. The minimum Gasteiger partial charge on any atom is -0.493 e. The number of methoxy groups -OCH3 is 3. The molecular weight excluding hydrogens is 488 g/mol. The lowest BCUT2D eigenvalue weighted by molar-refractivity contribution is -0.384. The SMILES string of the molecule is COc1cc([C@@H]2C(C#N)=C(N)N(c3cc([N+](=O)[O-])ccc3C)C3=C2C(=O)CC(C)(C)C3)cc(OC)c1OC. The molecule has 0 radical (unpaired) electrons. The number of nitriles is 1. The predicted molar refractivity (Wildman–Crippen MR) is 141 cm³/mol. The lowest BCUT2D eigenvalue weighted by Crippen LogP contribution is -2.42. The number of non-ortho nitro benzene ring substituents is 1. The minimum atomic E-state index is -0.789. The van der Waals surface area contributed by atoms with Crippen LogP contribution in [-0.2, 0) is 4.79 Å². The number of hydrogen-bond donors (Lipinski definition) is 1. The maximum atomic E-state index is 13.8. The summed E-state index contributed by atoms with van der Waals surface area (Å²) in [4.78, 5) is 26.6. The monoisotopic (exact) mass is 518 g/mol. The van der Waals surface area contributed by atoms with Crippen LogP contribution in [0.4, 0.5) is 11.4 Å². The maximum Gasteiger partial charge on any atom is 0.271 e. The van der Waals surface area contributed by atoms with Crippen LogP contribution in [0.15, 0.2) is 53.0 Å². The van der Waals surface area contributed by atoms with E-state index in [-0.39, 0.29) is 29.3 Å². The van der Waals surface area contributed by atoms with Gasteiger partial charge in [-0.3, -0.25) is 19.8 Å². The number of Topliss-reactive ketones (excluding diaryl/α,β-unsaturated/α-hetero) is 1. The number of anilines is 1. The fourth-order valence-corrected chi connectivity index (χ4v) is 5.34. The molecule has 38 heavy (non-hydrogen) atoms. The van der Waals surface area contributed by atoms with Crippen LogP contribution in [0, 0.1) is 33.8 Å². The number of aryl methyl sites for hydroxylation is 1. The van der Waals surface area contributed by atoms with Crippen LogP contribution in [0.25, 0.3) is 0 Å². The summed E-state index contributed by atoms with van der Waals surface area (Å²) in [6.45, 7) is 5.78. The normalized spacial score (nSPS) is 18.6. The molecule has 1 aliphatic carbocycles. The first-order chi connectivity index (χ1) is 18.0. The van der Waals surface area contributed by atoms with Gasteiger partial charge in [0.1, 0.15) is 5.82 Å². The highest BCUT2D eigenvalue weighted by Crippen LogP contribution is 2.52. The molecule has 10 nitrogen and oxygen atoms in total. The largest absolute Gasteiger partial charge is 0.493 e. The molecule has 0 spiro atoms. The maximum absolute atomic E-state index is 13.8. The van der Waals surface area contributed by atoms with Crippen LogP contribution in [0.3, 0.4) is 0 Å². The molecule has 0 amide bonds. The molecule has 2 aliphatic rings. The van der Waals surface area contributed by atoms with E-state index in [1.807, 2.05) is 13.8 Å². The second-order valence-corrected chi connectivity index (χ2v) is 10.2. The minimum absolute atomic E-state index is 0.110. The van der Waals surface area contributed by atoms with Gasteiger partial charge in [0.2, 0.25) is 5.75 Å². The molecule has 0 aromatic heterocycles. The molecule has 0 bridgehead atoms. The Bertz CT molecular complexity index is 1420. The Balaban J connectivity index is 2.06. The summed E-state index contributed by atoms with van der Waals surface area (Å²) in [5.74, 6) is 0.329. The Hall–Kier alpha value is -4.52. The number of carbonyl (C=O) groups is 1. The number of nitrogens with zero attached hydrogens (tertiary/aromatic N) is 3. The van der Waals surface area contributed by atoms with E-state index in [1.165, 1.54) is 33.5 Å². The van der Waals surface area contributed by atoms with Crippen LogP contribution in [0.1, 0.15) is 43.7 Å². The summed E-state index contributed by atoms with van der Waals surface area (Å²) in [6, 6.07) is 10.1. The fourth-order valence-electron chi connectivity index (χ4n) is 5.34. The van der Waals surface area contributed by atoms with Crippen LogP contribution >= 0.6 is 0 Å². The molecule has 10 heteroatoms. The lowest BCUT2D eigenvalue weighted by atomic mass is 9.68. The number of allylic oxidation sites excluding steroid dienone is 3. The highest BCUT2D eigenvalue weighted by Gasteiger charge is 2.45. The first-order valence-electron chi connectivity index (χ1n) is 12.0. The number of ether oxygens (including phenoxy) is 3. The quantitative estimate of drug-likeness (QED) is 0.419. The van der Waals surface area contributed by atoms with Gasteiger partial charge >= 0.3 is 0 Å². The average molecular weight is 519 g/mol. The molecule has 0 fully saturated rings. The van der Waals surface area contributed by atoms with Gasteiger partial charge in [-0.15, -0.1) is 0 Å². The summed E-state index contributed by atoms with van der Waals surface area (Å²) in [6.07, 6.45) is 0.740. The van der Waals surface area contributed by atoms with Gasteiger partial charge in [0.15, 0.2) is 17.3 Å². The van der Waals surface area contributed by atoms with Crippen LogP contribution in [0.2, 0.25) is 0 Å². The van der Waals surface area contributed by atoms with Gasteiger partial charge in [-0.25, -0.2) is 0 Å². The highest BCUT2D eigenvalue weighted by molar-refractivity contribution is 6.02. The van der Waals surface area contributed by atoms with E-state index in [2.05, 4.69) is 6.07 Å². The third-order valence-corrected chi connectivity index (χ3v) is 7.05. The van der Waals surface area contributed by atoms with Crippen LogP contribution < -0.4 is 24.8 Å². The fraction of sp³-hybridized carbons (Fsp3) is 0.357. The third kappa shape index (κ3) is 4.30. The Labute approximate surface area is 221 Å². The summed E-state index contributed by atoms with van der Waals surface area (Å²) in [7, 11) is 4.47. The second-order valence-electron chi connectivity index (χ2n) is 10.2. The Kier molecular flexibility index (Phi) is 6.80. The second kappa shape index (κ2) is 9.74. The van der Waals surface area contributed by atoms with Crippen molar-refractivity contribution in [3.05, 3.63) is 74.2 Å². The van der Waals surface area contributed by atoms with Crippen molar-refractivity contribution in [2.45, 2.75) is 39.5 Å². The number of rotatable bonds is 6. The molecule has 198 valence electrons. The van der Waals surface area contributed by atoms with Gasteiger partial charge in [0.05, 0.1) is 49.5 Å². The third-order valence-electron chi connectivity index (χ3n) is 7.05. The van der Waals surface area contributed by atoms with Gasteiger partial charge in [-0.1, -0.05) is 19.9 Å². The molecule has 0 saturated carbocycles. The topological polar surface area (TPSA) is 141 Å². The summed E-state index contributed by atoms with van der Waals surface area (Å²) >= 11 is 0. The Morgan fingerprint density at radius 1 is 1.11 bits per heavy atom. The summed E-state index contributed by atoms with van der Waals surface area (Å²) in [5.41, 5.74) is 9.13. The van der Waals surface area contributed by atoms with Crippen molar-refractivity contribution in [1.82, 2.24) is 0 Å². The first-order valence-corrected chi connectivity index (χ1v) is 12.0. The molecule has 1 heterocycles. The molecule has 1 atom stereocenters. The van der Waals surface area contributed by atoms with E-state index >= 15 is 0 Å². The van der Waals surface area contributed by atoms with Crippen molar-refractivity contribution >= 4 is 17.2 Å². The predicted octanol–water partition coefficient (Wildman–Crippen LogP) is 4.87. The zero-order valence-corrected chi connectivity index (χ0v) is 22.2. The summed E-state index contributed by atoms with van der Waals surface area (Å²) in [5, 5.41) is 21.9. The van der Waals surface area contributed by atoms with E-state index in [0.29, 0.717) is 51.8 Å². The van der Waals surface area contributed by atoms with Crippen molar-refractivity contribution in [2.24, 2.45) is 11.1 Å². The Morgan fingerprint density at radius 3 is 2.26 bits per heavy atom. The van der Waals surface area contributed by atoms with E-state index in [4.69, 9.17) is 19.9 Å². The van der Waals surface area contributed by atoms with Gasteiger partial charge < -0.3 is 19.9 Å². The first kappa shape index (κ1) is 26.5. The van der Waals surface area contributed by atoms with Gasteiger partial charge in [0, 0.05) is 29.8 Å². The molecule has 4 rings (SSSR count). The molecular formula is C28H30N4O6. The number of carbonyl (C=O) groups excluding carboxylic acids is 1. The van der Waals surface area contributed by atoms with E-state index in [9.17, 15) is 20.2 Å². The number of nitro benzene ring substituents is 1. The van der Waals surface area contributed by atoms with E-state index < -0.39 is 16.3 Å². The number of nitrogens with two attached hydrogens (primary N) is 1. The Morgan fingerprint density at radius 2 is 1.74 bits per heavy atom. The standard InChI is InChI=1S/C28H30N4O6/c1-15-7-8-17(32(34)35)11-19(15)31-20-12-28(2,3)13-21(33)25(20)24(18(14-29)27(31)30)16-9-22(36-4)26(38-6)23(10-16)37-5/h7-11,24H,12-13,30H2,1-6H3/t24-/m1/s1. The van der Waals surface area contributed by atoms with Gasteiger partial charge in [-0.05, 0) is 42.0 Å². The van der Waals surface area contributed by atoms with Crippen molar-refractivity contribution in [2.75, 3.05) is 26.2 Å². The average Bonchev–Trinajstić information content (AvgIpc) is 2.87. The summed E-state index contributed by atoms with van der Waals surface area (Å²) < 4.78 is 16.5. The molecule has 2 aromatic carbocycles. The van der Waals surface area contributed by atoms with Gasteiger partial charge in [-0.2, -0.15) is 5.26 Å². The van der Waals surface area contributed by atoms with Crippen LogP contribution in [0.5, 0.6) is 17.2 Å². The number of nitro groups is 1. The van der Waals surface area contributed by atoms with E-state index in [1.54, 1.807) is 30.0 Å². The number of hydrogen-bond acceptors (Lipinski definition) is 9. The zero-order valence-electron chi connectivity index (χ0n) is 22.2. The van der Waals surface area contributed by atoms with Crippen molar-refractivity contribution < 1.29 is 23.9 Å². The molecule has 1 aliphatic heterocycles. The molecule has 0 unspecified atom stereocenters. The smallest absolute Gasteiger partial charge is 0.271 e. The molecule has 2 aromatic rings. The number of ketones is 1. The van der Waals surface area contributed by atoms with Crippen molar-refractivity contribution in [3.63, 3.8) is 0 Å². The lowest BCUT2D eigenvalue weighted by Gasteiger charge is -2.44. The van der Waals surface area contributed by atoms with Gasteiger partial charge in [0.25, 0.3) is 5.69 Å². The van der Waals surface area contributed by atoms with Crippen LogP contribution in [-0.4, -0.2) is 32.0 Å². The molecule has 0 saturated heterocycles. The molecule has 2 N–H and O–H groups in total. The zero-order chi connectivity index (χ0) is 27.9.